The number of hydrogen-bond acceptors (Lipinski definition) is 3. The summed E-state index contributed by atoms with van der Waals surface area (Å²) in [5.74, 6) is 6.55. The molecule has 0 aromatic heterocycles. The maximum atomic E-state index is 5.80. The molecule has 0 radical (unpaired) electrons. The Balaban J connectivity index is 2.14. The maximum Gasteiger partial charge on any atom is 0.119 e. The average molecular weight is 270 g/mol. The van der Waals surface area contributed by atoms with Gasteiger partial charge in [0.2, 0.25) is 0 Å². The smallest absolute Gasteiger partial charge is 0.119 e. The first-order valence-corrected chi connectivity index (χ1v) is 6.83. The third kappa shape index (κ3) is 3.38. The molecule has 2 rings (SSSR count). The molecule has 0 aliphatic heterocycles. The molecule has 106 valence electrons. The summed E-state index contributed by atoms with van der Waals surface area (Å²) in [7, 11) is 0. The zero-order valence-corrected chi connectivity index (χ0v) is 12.3. The number of nitrogens with two attached hydrogens (primary N) is 1. The lowest BCUT2D eigenvalue weighted by molar-refractivity contribution is 0.267. The molecule has 0 fully saturated rings. The highest BCUT2D eigenvalue weighted by atomic mass is 16.5. The number of aryl methyl sites for hydroxylation is 3. The van der Waals surface area contributed by atoms with Crippen LogP contribution in [0.25, 0.3) is 0 Å². The van der Waals surface area contributed by atoms with Crippen molar-refractivity contribution < 1.29 is 4.74 Å². The van der Waals surface area contributed by atoms with Crippen molar-refractivity contribution in [2.45, 2.75) is 26.8 Å². The van der Waals surface area contributed by atoms with Crippen LogP contribution in [0.2, 0.25) is 0 Å². The highest BCUT2D eigenvalue weighted by molar-refractivity contribution is 5.38. The first-order valence-electron chi connectivity index (χ1n) is 6.83. The Labute approximate surface area is 120 Å². The summed E-state index contributed by atoms with van der Waals surface area (Å²) in [6.45, 7) is 6.85. The fourth-order valence-corrected chi connectivity index (χ4v) is 2.28. The molecule has 0 aliphatic carbocycles. The summed E-state index contributed by atoms with van der Waals surface area (Å²) in [5.41, 5.74) is 7.83. The van der Waals surface area contributed by atoms with Crippen molar-refractivity contribution in [2.75, 3.05) is 6.61 Å². The van der Waals surface area contributed by atoms with Crippen molar-refractivity contribution in [2.24, 2.45) is 5.84 Å². The lowest BCUT2D eigenvalue weighted by Gasteiger charge is -2.20. The third-order valence-electron chi connectivity index (χ3n) is 3.62. The van der Waals surface area contributed by atoms with Gasteiger partial charge in [0.15, 0.2) is 0 Å². The minimum atomic E-state index is -0.0190. The number of nitrogens with one attached hydrogen (secondary N) is 1. The topological polar surface area (TPSA) is 47.3 Å². The monoisotopic (exact) mass is 270 g/mol. The summed E-state index contributed by atoms with van der Waals surface area (Å²) in [4.78, 5) is 0. The Hall–Kier alpha value is -1.84. The van der Waals surface area contributed by atoms with Crippen LogP contribution >= 0.6 is 0 Å². The Bertz CT molecular complexity index is 567. The lowest BCUT2D eigenvalue weighted by atomic mass is 9.96. The number of hydrogen-bond donors (Lipinski definition) is 2. The van der Waals surface area contributed by atoms with Gasteiger partial charge in [0.1, 0.15) is 12.4 Å². The fourth-order valence-electron chi connectivity index (χ4n) is 2.28. The minimum Gasteiger partial charge on any atom is -0.492 e. The molecule has 0 saturated heterocycles. The van der Waals surface area contributed by atoms with Gasteiger partial charge in [0, 0.05) is 0 Å². The van der Waals surface area contributed by atoms with Gasteiger partial charge >= 0.3 is 0 Å². The number of para-hydroxylation sites is 1. The zero-order valence-electron chi connectivity index (χ0n) is 12.3. The molecular weight excluding hydrogens is 248 g/mol. The first-order chi connectivity index (χ1) is 9.61. The predicted molar refractivity (Wildman–Crippen MR) is 82.7 cm³/mol. The second kappa shape index (κ2) is 6.55. The number of benzene rings is 2. The normalized spacial score (nSPS) is 12.2. The van der Waals surface area contributed by atoms with E-state index in [1.54, 1.807) is 0 Å². The molecule has 0 heterocycles. The molecule has 0 aliphatic rings. The van der Waals surface area contributed by atoms with Gasteiger partial charge in [0.05, 0.1) is 6.04 Å². The molecule has 0 saturated carbocycles. The molecular formula is C17H22N2O. The molecule has 1 atom stereocenters. The van der Waals surface area contributed by atoms with Gasteiger partial charge in [-0.1, -0.05) is 30.3 Å². The van der Waals surface area contributed by atoms with Gasteiger partial charge in [-0.05, 0) is 55.2 Å². The van der Waals surface area contributed by atoms with Crippen molar-refractivity contribution in [3.8, 4) is 5.75 Å². The Morgan fingerprint density at radius 3 is 2.30 bits per heavy atom. The van der Waals surface area contributed by atoms with Crippen molar-refractivity contribution in [1.82, 2.24) is 5.43 Å². The summed E-state index contributed by atoms with van der Waals surface area (Å²) >= 11 is 0. The van der Waals surface area contributed by atoms with E-state index in [4.69, 9.17) is 10.6 Å². The summed E-state index contributed by atoms with van der Waals surface area (Å²) in [6.07, 6.45) is 0. The van der Waals surface area contributed by atoms with Crippen LogP contribution in [0.1, 0.15) is 28.3 Å². The van der Waals surface area contributed by atoms with Crippen LogP contribution in [0.4, 0.5) is 0 Å². The van der Waals surface area contributed by atoms with E-state index >= 15 is 0 Å². The van der Waals surface area contributed by atoms with Gasteiger partial charge < -0.3 is 4.74 Å². The molecule has 3 heteroatoms. The van der Waals surface area contributed by atoms with Crippen molar-refractivity contribution in [3.05, 3.63) is 64.7 Å². The summed E-state index contributed by atoms with van der Waals surface area (Å²) in [5, 5.41) is 0. The van der Waals surface area contributed by atoms with Crippen LogP contribution in [-0.2, 0) is 0 Å². The van der Waals surface area contributed by atoms with E-state index in [1.807, 2.05) is 30.3 Å². The number of rotatable bonds is 5. The van der Waals surface area contributed by atoms with Crippen molar-refractivity contribution >= 4 is 0 Å². The molecule has 1 unspecified atom stereocenters. The molecule has 2 aromatic carbocycles. The van der Waals surface area contributed by atoms with E-state index in [0.717, 1.165) is 5.75 Å². The van der Waals surface area contributed by atoms with Crippen molar-refractivity contribution in [3.63, 3.8) is 0 Å². The standard InChI is InChI=1S/C17H22N2O/c1-12-9-14(3)16(10-13(12)2)17(19-18)11-20-15-7-5-4-6-8-15/h4-10,17,19H,11,18H2,1-3H3. The largest absolute Gasteiger partial charge is 0.492 e. The van der Waals surface area contributed by atoms with Crippen LogP contribution in [-0.4, -0.2) is 6.61 Å². The molecule has 2 aromatic rings. The van der Waals surface area contributed by atoms with Crippen LogP contribution in [0.5, 0.6) is 5.75 Å². The first kappa shape index (κ1) is 14.6. The molecule has 0 spiro atoms. The van der Waals surface area contributed by atoms with Gasteiger partial charge in [0.25, 0.3) is 0 Å². The maximum absolute atomic E-state index is 5.80. The Morgan fingerprint density at radius 1 is 1.00 bits per heavy atom. The van der Waals surface area contributed by atoms with Gasteiger partial charge in [-0.15, -0.1) is 0 Å². The lowest BCUT2D eigenvalue weighted by Crippen LogP contribution is -2.33. The molecule has 0 bridgehead atoms. The van der Waals surface area contributed by atoms with E-state index < -0.39 is 0 Å². The highest BCUT2D eigenvalue weighted by Crippen LogP contribution is 2.22. The van der Waals surface area contributed by atoms with E-state index in [1.165, 1.54) is 22.3 Å². The quantitative estimate of drug-likeness (QED) is 0.648. The number of hydrazine groups is 1. The highest BCUT2D eigenvalue weighted by Gasteiger charge is 2.14. The van der Waals surface area contributed by atoms with E-state index in [-0.39, 0.29) is 6.04 Å². The molecule has 3 nitrogen and oxygen atoms in total. The van der Waals surface area contributed by atoms with Gasteiger partial charge in [-0.3, -0.25) is 5.84 Å². The van der Waals surface area contributed by atoms with Gasteiger partial charge in [-0.2, -0.15) is 0 Å². The Kier molecular flexibility index (Phi) is 4.77. The van der Waals surface area contributed by atoms with E-state index in [9.17, 15) is 0 Å². The molecule has 20 heavy (non-hydrogen) atoms. The van der Waals surface area contributed by atoms with E-state index in [2.05, 4.69) is 38.3 Å². The zero-order chi connectivity index (χ0) is 14.5. The van der Waals surface area contributed by atoms with Crippen LogP contribution in [0.15, 0.2) is 42.5 Å². The second-order valence-electron chi connectivity index (χ2n) is 5.14. The van der Waals surface area contributed by atoms with Gasteiger partial charge in [-0.25, -0.2) is 5.43 Å². The summed E-state index contributed by atoms with van der Waals surface area (Å²) in [6, 6.07) is 14.1. The van der Waals surface area contributed by atoms with E-state index in [0.29, 0.717) is 6.61 Å². The van der Waals surface area contributed by atoms with Crippen molar-refractivity contribution in [1.29, 1.82) is 0 Å². The van der Waals surface area contributed by atoms with Crippen LogP contribution in [0.3, 0.4) is 0 Å². The average Bonchev–Trinajstić information content (AvgIpc) is 2.46. The van der Waals surface area contributed by atoms with Crippen LogP contribution < -0.4 is 16.0 Å². The minimum absolute atomic E-state index is 0.0190. The predicted octanol–water partition coefficient (Wildman–Crippen LogP) is 3.20. The second-order valence-corrected chi connectivity index (χ2v) is 5.14. The summed E-state index contributed by atoms with van der Waals surface area (Å²) < 4.78 is 5.80. The Morgan fingerprint density at radius 2 is 1.65 bits per heavy atom. The van der Waals surface area contributed by atoms with Crippen LogP contribution in [0, 0.1) is 20.8 Å². The number of ether oxygens (including phenoxy) is 1. The third-order valence-corrected chi connectivity index (χ3v) is 3.62. The fraction of sp³-hybridized carbons (Fsp3) is 0.294. The SMILES string of the molecule is Cc1cc(C)c(C(COc2ccccc2)NN)cc1C. The molecule has 0 amide bonds. The molecule has 3 N–H and O–H groups in total.